The number of nitrogens with one attached hydrogen (secondary N) is 2. The number of nitriles is 1. The molecule has 5 heteroatoms. The third-order valence-corrected chi connectivity index (χ3v) is 3.35. The van der Waals surface area contributed by atoms with Gasteiger partial charge in [0.05, 0.1) is 22.5 Å². The quantitative estimate of drug-likeness (QED) is 0.853. The average Bonchev–Trinajstić information content (AvgIpc) is 2.55. The highest BCUT2D eigenvalue weighted by atomic mass is 16.1. The van der Waals surface area contributed by atoms with Crippen molar-refractivity contribution in [2.75, 3.05) is 17.2 Å². The number of pyridine rings is 1. The molecule has 0 radical (unpaired) electrons. The maximum atomic E-state index is 12.3. The van der Waals surface area contributed by atoms with Gasteiger partial charge in [0.2, 0.25) is 0 Å². The van der Waals surface area contributed by atoms with Gasteiger partial charge in [-0.25, -0.2) is 0 Å². The molecule has 0 unspecified atom stereocenters. The Bertz CT molecular complexity index is 719. The summed E-state index contributed by atoms with van der Waals surface area (Å²) in [6, 6.07) is 10.7. The van der Waals surface area contributed by atoms with Crippen molar-refractivity contribution in [2.24, 2.45) is 5.92 Å². The molecule has 23 heavy (non-hydrogen) atoms. The number of benzene rings is 1. The molecule has 1 heterocycles. The molecule has 118 valence electrons. The normalized spacial score (nSPS) is 10.2. The Morgan fingerprint density at radius 2 is 2.09 bits per heavy atom. The summed E-state index contributed by atoms with van der Waals surface area (Å²) in [5, 5.41) is 15.1. The number of hydrogen-bond donors (Lipinski definition) is 2. The van der Waals surface area contributed by atoms with Crippen LogP contribution in [-0.4, -0.2) is 17.4 Å². The van der Waals surface area contributed by atoms with Gasteiger partial charge in [0, 0.05) is 18.9 Å². The fraction of sp³-hybridized carbons (Fsp3) is 0.278. The predicted octanol–water partition coefficient (Wildman–Crippen LogP) is 3.66. The molecule has 2 N–H and O–H groups in total. The van der Waals surface area contributed by atoms with E-state index in [1.165, 1.54) is 6.20 Å². The molecule has 0 fully saturated rings. The van der Waals surface area contributed by atoms with E-state index in [2.05, 4.69) is 35.5 Å². The molecule has 1 aromatic carbocycles. The van der Waals surface area contributed by atoms with E-state index in [1.54, 1.807) is 36.5 Å². The van der Waals surface area contributed by atoms with Gasteiger partial charge >= 0.3 is 0 Å². The molecule has 0 aliphatic rings. The highest BCUT2D eigenvalue weighted by molar-refractivity contribution is 6.05. The maximum Gasteiger partial charge on any atom is 0.257 e. The third kappa shape index (κ3) is 4.82. The first-order valence-corrected chi connectivity index (χ1v) is 7.59. The van der Waals surface area contributed by atoms with Gasteiger partial charge in [0.25, 0.3) is 5.91 Å². The van der Waals surface area contributed by atoms with Crippen molar-refractivity contribution in [3.05, 3.63) is 53.9 Å². The Morgan fingerprint density at radius 1 is 1.30 bits per heavy atom. The highest BCUT2D eigenvalue weighted by Gasteiger charge is 2.10. The summed E-state index contributed by atoms with van der Waals surface area (Å²) >= 11 is 0. The first-order valence-electron chi connectivity index (χ1n) is 7.59. The van der Waals surface area contributed by atoms with Crippen LogP contribution in [0.2, 0.25) is 0 Å². The second kappa shape index (κ2) is 7.95. The molecular weight excluding hydrogens is 288 g/mol. The first-order chi connectivity index (χ1) is 11.1. The Morgan fingerprint density at radius 3 is 2.83 bits per heavy atom. The van der Waals surface area contributed by atoms with Crippen molar-refractivity contribution < 1.29 is 4.79 Å². The van der Waals surface area contributed by atoms with Gasteiger partial charge in [0.1, 0.15) is 6.07 Å². The van der Waals surface area contributed by atoms with Crippen molar-refractivity contribution in [3.8, 4) is 6.07 Å². The Balaban J connectivity index is 2.06. The number of hydrogen-bond acceptors (Lipinski definition) is 4. The summed E-state index contributed by atoms with van der Waals surface area (Å²) in [4.78, 5) is 16.4. The minimum Gasteiger partial charge on any atom is -0.384 e. The smallest absolute Gasteiger partial charge is 0.257 e. The molecule has 0 saturated heterocycles. The molecule has 1 amide bonds. The zero-order chi connectivity index (χ0) is 16.7. The molecule has 0 spiro atoms. The Labute approximate surface area is 136 Å². The van der Waals surface area contributed by atoms with Crippen molar-refractivity contribution in [2.45, 2.75) is 20.3 Å². The second-order valence-corrected chi connectivity index (χ2v) is 5.68. The lowest BCUT2D eigenvalue weighted by Gasteiger charge is -2.10. The van der Waals surface area contributed by atoms with Crippen molar-refractivity contribution >= 4 is 17.3 Å². The molecule has 5 nitrogen and oxygen atoms in total. The fourth-order valence-electron chi connectivity index (χ4n) is 2.05. The van der Waals surface area contributed by atoms with Crippen LogP contribution in [0, 0.1) is 17.2 Å². The van der Waals surface area contributed by atoms with Gasteiger partial charge in [-0.05, 0) is 30.5 Å². The lowest BCUT2D eigenvalue weighted by molar-refractivity contribution is 0.102. The topological polar surface area (TPSA) is 77.8 Å². The lowest BCUT2D eigenvalue weighted by Crippen LogP contribution is -2.14. The number of amides is 1. The van der Waals surface area contributed by atoms with Crippen LogP contribution in [0.3, 0.4) is 0 Å². The van der Waals surface area contributed by atoms with Crippen LogP contribution < -0.4 is 10.6 Å². The van der Waals surface area contributed by atoms with E-state index >= 15 is 0 Å². The number of carbonyl (C=O) groups is 1. The molecule has 0 saturated carbocycles. The third-order valence-electron chi connectivity index (χ3n) is 3.35. The Hall–Kier alpha value is -2.87. The minimum absolute atomic E-state index is 0.285. The molecule has 0 aliphatic carbocycles. The fourth-order valence-corrected chi connectivity index (χ4v) is 2.05. The Kier molecular flexibility index (Phi) is 5.70. The van der Waals surface area contributed by atoms with Gasteiger partial charge in [0.15, 0.2) is 0 Å². The number of rotatable bonds is 6. The zero-order valence-corrected chi connectivity index (χ0v) is 13.3. The SMILES string of the molecule is CC(C)CCNc1cncc(C(=O)Nc2ccccc2C#N)c1. The molecule has 2 aromatic rings. The maximum absolute atomic E-state index is 12.3. The number of carbonyl (C=O) groups excluding carboxylic acids is 1. The standard InChI is InChI=1S/C18H20N4O/c1-13(2)7-8-21-16-9-15(11-20-12-16)18(23)22-17-6-4-3-5-14(17)10-19/h3-6,9,11-13,21H,7-8H2,1-2H3,(H,22,23). The van der Waals surface area contributed by atoms with Crippen LogP contribution in [0.25, 0.3) is 0 Å². The van der Waals surface area contributed by atoms with Crippen LogP contribution >= 0.6 is 0 Å². The van der Waals surface area contributed by atoms with Crippen LogP contribution in [0.1, 0.15) is 36.2 Å². The second-order valence-electron chi connectivity index (χ2n) is 5.68. The minimum atomic E-state index is -0.285. The monoisotopic (exact) mass is 308 g/mol. The van der Waals surface area contributed by atoms with Crippen LogP contribution in [0.5, 0.6) is 0 Å². The molecule has 0 atom stereocenters. The molecule has 0 aliphatic heterocycles. The molecular formula is C18H20N4O. The van der Waals surface area contributed by atoms with E-state index in [1.807, 2.05) is 0 Å². The zero-order valence-electron chi connectivity index (χ0n) is 13.3. The van der Waals surface area contributed by atoms with Crippen LogP contribution in [0.4, 0.5) is 11.4 Å². The first kappa shape index (κ1) is 16.5. The largest absolute Gasteiger partial charge is 0.384 e. The lowest BCUT2D eigenvalue weighted by atomic mass is 10.1. The highest BCUT2D eigenvalue weighted by Crippen LogP contribution is 2.16. The van der Waals surface area contributed by atoms with Gasteiger partial charge in [-0.1, -0.05) is 26.0 Å². The average molecular weight is 308 g/mol. The van der Waals surface area contributed by atoms with Crippen LogP contribution in [-0.2, 0) is 0 Å². The number of para-hydroxylation sites is 1. The van der Waals surface area contributed by atoms with Gasteiger partial charge in [-0.15, -0.1) is 0 Å². The summed E-state index contributed by atoms with van der Waals surface area (Å²) in [7, 11) is 0. The van der Waals surface area contributed by atoms with E-state index in [0.29, 0.717) is 22.7 Å². The number of anilines is 2. The van der Waals surface area contributed by atoms with Gasteiger partial charge < -0.3 is 10.6 Å². The van der Waals surface area contributed by atoms with Gasteiger partial charge in [-0.3, -0.25) is 9.78 Å². The number of nitrogens with zero attached hydrogens (tertiary/aromatic N) is 2. The van der Waals surface area contributed by atoms with Crippen LogP contribution in [0.15, 0.2) is 42.7 Å². The number of aromatic nitrogens is 1. The summed E-state index contributed by atoms with van der Waals surface area (Å²) in [5.74, 6) is 0.331. The summed E-state index contributed by atoms with van der Waals surface area (Å²) in [6.07, 6.45) is 4.25. The van der Waals surface area contributed by atoms with E-state index < -0.39 is 0 Å². The summed E-state index contributed by atoms with van der Waals surface area (Å²) < 4.78 is 0. The predicted molar refractivity (Wildman–Crippen MR) is 91.3 cm³/mol. The van der Waals surface area contributed by atoms with E-state index in [-0.39, 0.29) is 5.91 Å². The van der Waals surface area contributed by atoms with Gasteiger partial charge in [-0.2, -0.15) is 5.26 Å². The van der Waals surface area contributed by atoms with E-state index in [4.69, 9.17) is 5.26 Å². The van der Waals surface area contributed by atoms with E-state index in [9.17, 15) is 4.79 Å². The van der Waals surface area contributed by atoms with Crippen molar-refractivity contribution in [1.82, 2.24) is 4.98 Å². The molecule has 0 bridgehead atoms. The summed E-state index contributed by atoms with van der Waals surface area (Å²) in [5.41, 5.74) is 2.19. The molecule has 2 rings (SSSR count). The van der Waals surface area contributed by atoms with E-state index in [0.717, 1.165) is 18.7 Å². The van der Waals surface area contributed by atoms with Crippen molar-refractivity contribution in [1.29, 1.82) is 5.26 Å². The van der Waals surface area contributed by atoms with Crippen molar-refractivity contribution in [3.63, 3.8) is 0 Å². The molecule has 1 aromatic heterocycles. The summed E-state index contributed by atoms with van der Waals surface area (Å²) in [6.45, 7) is 5.16.